The third kappa shape index (κ3) is 4.54. The first kappa shape index (κ1) is 18.2. The average molecular weight is 398 g/mol. The van der Waals surface area contributed by atoms with Gasteiger partial charge in [0.1, 0.15) is 4.88 Å². The van der Waals surface area contributed by atoms with E-state index >= 15 is 0 Å². The minimum atomic E-state index is -0.473. The number of carbonyl (C=O) groups excluding carboxylic acids is 2. The number of anilines is 1. The number of halogens is 2. The van der Waals surface area contributed by atoms with Crippen LogP contribution in [0.5, 0.6) is 0 Å². The number of carbonyl (C=O) groups is 2. The smallest absolute Gasteiger partial charge is 0.348 e. The normalized spacial score (nSPS) is 16.2. The Bertz CT molecular complexity index is 819. The number of amides is 1. The molecule has 1 heterocycles. The molecule has 0 saturated carbocycles. The largest absolute Gasteiger partial charge is 0.451 e. The van der Waals surface area contributed by atoms with Gasteiger partial charge < -0.3 is 10.1 Å². The molecule has 0 radical (unpaired) electrons. The van der Waals surface area contributed by atoms with E-state index in [9.17, 15) is 9.59 Å². The first-order valence-electron chi connectivity index (χ1n) is 7.96. The fourth-order valence-electron chi connectivity index (χ4n) is 2.79. The van der Waals surface area contributed by atoms with Crippen LogP contribution in [0.2, 0.25) is 10.0 Å². The fourth-order valence-corrected chi connectivity index (χ4v) is 4.23. The number of hydrogen-bond acceptors (Lipinski definition) is 4. The molecule has 0 unspecified atom stereocenters. The highest BCUT2D eigenvalue weighted by Gasteiger charge is 2.21. The molecule has 2 aromatic rings. The van der Waals surface area contributed by atoms with E-state index in [4.69, 9.17) is 27.9 Å². The second-order valence-corrected chi connectivity index (χ2v) is 8.14. The Labute approximate surface area is 160 Å². The van der Waals surface area contributed by atoms with Crippen molar-refractivity contribution < 1.29 is 14.3 Å². The molecule has 25 heavy (non-hydrogen) atoms. The summed E-state index contributed by atoms with van der Waals surface area (Å²) in [5.41, 5.74) is 1.61. The summed E-state index contributed by atoms with van der Waals surface area (Å²) in [6.07, 6.45) is 3.14. The van der Waals surface area contributed by atoms with Gasteiger partial charge in [0, 0.05) is 9.90 Å². The Morgan fingerprint density at radius 3 is 2.92 bits per heavy atom. The molecular formula is C18H17Cl2NO3S. The molecule has 1 aliphatic carbocycles. The van der Waals surface area contributed by atoms with Gasteiger partial charge in [0.25, 0.3) is 5.91 Å². The van der Waals surface area contributed by atoms with Crippen LogP contribution in [-0.4, -0.2) is 18.5 Å². The van der Waals surface area contributed by atoms with E-state index in [1.165, 1.54) is 27.8 Å². The van der Waals surface area contributed by atoms with Gasteiger partial charge in [-0.1, -0.05) is 30.1 Å². The SMILES string of the molecule is C[C@@H]1CCc2sc(C(=O)OCC(=O)Nc3cc(Cl)ccc3Cl)cc2C1. The predicted molar refractivity (Wildman–Crippen MR) is 101 cm³/mol. The zero-order chi connectivity index (χ0) is 18.0. The van der Waals surface area contributed by atoms with Crippen molar-refractivity contribution in [1.29, 1.82) is 0 Å². The summed E-state index contributed by atoms with van der Waals surface area (Å²) in [6, 6.07) is 6.64. The van der Waals surface area contributed by atoms with Crippen LogP contribution in [0.25, 0.3) is 0 Å². The van der Waals surface area contributed by atoms with Gasteiger partial charge in [0.15, 0.2) is 6.61 Å². The second-order valence-electron chi connectivity index (χ2n) is 6.16. The summed E-state index contributed by atoms with van der Waals surface area (Å²) in [6.45, 7) is 1.84. The van der Waals surface area contributed by atoms with E-state index in [2.05, 4.69) is 12.2 Å². The summed E-state index contributed by atoms with van der Waals surface area (Å²) >= 11 is 13.3. The van der Waals surface area contributed by atoms with Crippen molar-refractivity contribution in [3.8, 4) is 0 Å². The van der Waals surface area contributed by atoms with E-state index in [0.29, 0.717) is 26.5 Å². The number of benzene rings is 1. The van der Waals surface area contributed by atoms with Crippen molar-refractivity contribution in [1.82, 2.24) is 0 Å². The number of ether oxygens (including phenoxy) is 1. The summed E-state index contributed by atoms with van der Waals surface area (Å²) in [4.78, 5) is 25.9. The zero-order valence-electron chi connectivity index (χ0n) is 13.6. The van der Waals surface area contributed by atoms with Crippen molar-refractivity contribution in [2.45, 2.75) is 26.2 Å². The summed E-state index contributed by atoms with van der Waals surface area (Å²) in [5.74, 6) is -0.300. The Balaban J connectivity index is 1.57. The molecule has 0 saturated heterocycles. The van der Waals surface area contributed by atoms with Gasteiger partial charge in [-0.15, -0.1) is 11.3 Å². The van der Waals surface area contributed by atoms with E-state index in [1.807, 2.05) is 6.07 Å². The molecule has 4 nitrogen and oxygen atoms in total. The minimum Gasteiger partial charge on any atom is -0.451 e. The Morgan fingerprint density at radius 1 is 1.32 bits per heavy atom. The minimum absolute atomic E-state index is 0.365. The number of aryl methyl sites for hydroxylation is 1. The van der Waals surface area contributed by atoms with Crippen LogP contribution < -0.4 is 5.32 Å². The molecule has 132 valence electrons. The molecule has 1 aromatic heterocycles. The molecule has 1 aromatic carbocycles. The summed E-state index contributed by atoms with van der Waals surface area (Å²) in [7, 11) is 0. The number of nitrogens with one attached hydrogen (secondary N) is 1. The molecule has 7 heteroatoms. The fraction of sp³-hybridized carbons (Fsp3) is 0.333. The highest BCUT2D eigenvalue weighted by Crippen LogP contribution is 2.32. The molecule has 0 fully saturated rings. The van der Waals surface area contributed by atoms with Crippen molar-refractivity contribution in [2.24, 2.45) is 5.92 Å². The molecule has 1 amide bonds. The van der Waals surface area contributed by atoms with Gasteiger partial charge in [0.2, 0.25) is 0 Å². The van der Waals surface area contributed by atoms with Gasteiger partial charge in [0.05, 0.1) is 10.7 Å². The Kier molecular flexibility index (Phi) is 5.67. The van der Waals surface area contributed by atoms with Crippen LogP contribution in [-0.2, 0) is 22.4 Å². The van der Waals surface area contributed by atoms with Crippen LogP contribution in [0, 0.1) is 5.92 Å². The lowest BCUT2D eigenvalue weighted by Gasteiger charge is -2.16. The van der Waals surface area contributed by atoms with Gasteiger partial charge in [-0.2, -0.15) is 0 Å². The number of hydrogen-bond donors (Lipinski definition) is 1. The molecule has 0 spiro atoms. The van der Waals surface area contributed by atoms with Crippen LogP contribution in [0.4, 0.5) is 5.69 Å². The van der Waals surface area contributed by atoms with Crippen molar-refractivity contribution in [3.63, 3.8) is 0 Å². The number of fused-ring (bicyclic) bond motifs is 1. The van der Waals surface area contributed by atoms with E-state index in [0.717, 1.165) is 19.3 Å². The van der Waals surface area contributed by atoms with Crippen LogP contribution in [0.1, 0.15) is 33.5 Å². The van der Waals surface area contributed by atoms with E-state index in [1.54, 1.807) is 12.1 Å². The van der Waals surface area contributed by atoms with E-state index in [-0.39, 0.29) is 6.61 Å². The molecular weight excluding hydrogens is 381 g/mol. The molecule has 3 rings (SSSR count). The van der Waals surface area contributed by atoms with Crippen LogP contribution >= 0.6 is 34.5 Å². The standard InChI is InChI=1S/C18H17Cl2NO3S/c1-10-2-5-15-11(6-10)7-16(25-15)18(23)24-9-17(22)21-14-8-12(19)3-4-13(14)20/h3-4,7-8,10H,2,5-6,9H2,1H3,(H,21,22)/t10-/m1/s1. The number of esters is 1. The maximum Gasteiger partial charge on any atom is 0.348 e. The van der Waals surface area contributed by atoms with E-state index < -0.39 is 11.9 Å². The van der Waals surface area contributed by atoms with Gasteiger partial charge >= 0.3 is 5.97 Å². The second kappa shape index (κ2) is 7.77. The number of rotatable bonds is 4. The Morgan fingerprint density at radius 2 is 2.12 bits per heavy atom. The number of thiophene rings is 1. The monoisotopic (exact) mass is 397 g/mol. The van der Waals surface area contributed by atoms with Crippen molar-refractivity contribution in [2.75, 3.05) is 11.9 Å². The van der Waals surface area contributed by atoms with Gasteiger partial charge in [-0.3, -0.25) is 4.79 Å². The molecule has 1 atom stereocenters. The third-order valence-electron chi connectivity index (χ3n) is 4.07. The van der Waals surface area contributed by atoms with Crippen LogP contribution in [0.3, 0.4) is 0 Å². The maximum absolute atomic E-state index is 12.2. The lowest BCUT2D eigenvalue weighted by atomic mass is 9.90. The Hall–Kier alpha value is -1.56. The first-order chi connectivity index (χ1) is 11.9. The molecule has 1 N–H and O–H groups in total. The van der Waals surface area contributed by atoms with Gasteiger partial charge in [-0.05, 0) is 55.0 Å². The average Bonchev–Trinajstić information content (AvgIpc) is 2.99. The quantitative estimate of drug-likeness (QED) is 0.740. The maximum atomic E-state index is 12.2. The lowest BCUT2D eigenvalue weighted by molar-refractivity contribution is -0.119. The summed E-state index contributed by atoms with van der Waals surface area (Å²) in [5, 5.41) is 3.40. The van der Waals surface area contributed by atoms with Crippen molar-refractivity contribution >= 4 is 52.1 Å². The first-order valence-corrected chi connectivity index (χ1v) is 9.53. The molecule has 1 aliphatic rings. The molecule has 0 aliphatic heterocycles. The molecule has 0 bridgehead atoms. The highest BCUT2D eigenvalue weighted by atomic mass is 35.5. The highest BCUT2D eigenvalue weighted by molar-refractivity contribution is 7.14. The van der Waals surface area contributed by atoms with Crippen LogP contribution in [0.15, 0.2) is 24.3 Å². The third-order valence-corrected chi connectivity index (χ3v) is 5.85. The zero-order valence-corrected chi connectivity index (χ0v) is 15.9. The lowest BCUT2D eigenvalue weighted by Crippen LogP contribution is -2.20. The van der Waals surface area contributed by atoms with Gasteiger partial charge in [-0.25, -0.2) is 4.79 Å². The summed E-state index contributed by atoms with van der Waals surface area (Å²) < 4.78 is 5.12. The van der Waals surface area contributed by atoms with Crippen molar-refractivity contribution in [3.05, 3.63) is 49.6 Å². The predicted octanol–water partition coefficient (Wildman–Crippen LogP) is 4.98. The topological polar surface area (TPSA) is 55.4 Å².